The van der Waals surface area contributed by atoms with E-state index in [1.165, 1.54) is 30.4 Å². The second kappa shape index (κ2) is 11.7. The number of amides is 1. The summed E-state index contributed by atoms with van der Waals surface area (Å²) in [6, 6.07) is 7.10. The van der Waals surface area contributed by atoms with Crippen LogP contribution >= 0.6 is 0 Å². The van der Waals surface area contributed by atoms with Gasteiger partial charge in [0.15, 0.2) is 0 Å². The van der Waals surface area contributed by atoms with Gasteiger partial charge in [0, 0.05) is 12.6 Å². The van der Waals surface area contributed by atoms with Crippen molar-refractivity contribution in [3.05, 3.63) is 29.3 Å². The molecule has 5 nitrogen and oxygen atoms in total. The van der Waals surface area contributed by atoms with E-state index in [1.54, 1.807) is 7.11 Å². The first-order valence-corrected chi connectivity index (χ1v) is 12.0. The van der Waals surface area contributed by atoms with Gasteiger partial charge in [0.1, 0.15) is 5.75 Å². The van der Waals surface area contributed by atoms with E-state index < -0.39 is 0 Å². The van der Waals surface area contributed by atoms with Crippen molar-refractivity contribution < 1.29 is 9.53 Å². The van der Waals surface area contributed by atoms with E-state index in [9.17, 15) is 4.79 Å². The SMILES string of the molecule is CCCN(CCCN1CCC(C)CCNC(=O)C1)C1CCc2c(cccc2OC)C1. The molecule has 0 bridgehead atoms. The molecule has 3 rings (SSSR count). The summed E-state index contributed by atoms with van der Waals surface area (Å²) < 4.78 is 5.58. The minimum absolute atomic E-state index is 0.187. The second-order valence-electron chi connectivity index (χ2n) is 9.19. The number of fused-ring (bicyclic) bond motifs is 1. The summed E-state index contributed by atoms with van der Waals surface area (Å²) in [5, 5.41) is 3.07. The van der Waals surface area contributed by atoms with Gasteiger partial charge >= 0.3 is 0 Å². The molecule has 0 aromatic heterocycles. The third-order valence-corrected chi connectivity index (χ3v) is 6.84. The van der Waals surface area contributed by atoms with Crippen LogP contribution in [0.5, 0.6) is 5.75 Å². The Balaban J connectivity index is 1.54. The number of hydrogen-bond acceptors (Lipinski definition) is 4. The zero-order valence-corrected chi connectivity index (χ0v) is 19.3. The number of carbonyl (C=O) groups is 1. The molecule has 1 aliphatic heterocycles. The van der Waals surface area contributed by atoms with E-state index in [0.29, 0.717) is 18.5 Å². The van der Waals surface area contributed by atoms with Crippen molar-refractivity contribution in [2.45, 2.75) is 64.8 Å². The molecule has 1 amide bonds. The van der Waals surface area contributed by atoms with Crippen LogP contribution in [0, 0.1) is 5.92 Å². The summed E-state index contributed by atoms with van der Waals surface area (Å²) in [6.07, 6.45) is 8.03. The lowest BCUT2D eigenvalue weighted by Crippen LogP contribution is -2.42. The summed E-state index contributed by atoms with van der Waals surface area (Å²) >= 11 is 0. The predicted octanol–water partition coefficient (Wildman–Crippen LogP) is 3.50. The van der Waals surface area contributed by atoms with Gasteiger partial charge < -0.3 is 15.0 Å². The zero-order valence-electron chi connectivity index (χ0n) is 19.3. The van der Waals surface area contributed by atoms with Crippen LogP contribution in [-0.2, 0) is 17.6 Å². The van der Waals surface area contributed by atoms with Gasteiger partial charge in [-0.3, -0.25) is 9.69 Å². The molecular formula is C25H41N3O2. The van der Waals surface area contributed by atoms with Crippen LogP contribution in [0.4, 0.5) is 0 Å². The molecule has 2 atom stereocenters. The Bertz CT molecular complexity index is 678. The van der Waals surface area contributed by atoms with Crippen molar-refractivity contribution in [3.8, 4) is 5.75 Å². The van der Waals surface area contributed by atoms with Gasteiger partial charge in [-0.2, -0.15) is 0 Å². The largest absolute Gasteiger partial charge is 0.496 e. The average molecular weight is 416 g/mol. The number of nitrogens with zero attached hydrogens (tertiary/aromatic N) is 2. The summed E-state index contributed by atoms with van der Waals surface area (Å²) in [5.74, 6) is 1.92. The number of ether oxygens (including phenoxy) is 1. The van der Waals surface area contributed by atoms with Crippen LogP contribution in [0.15, 0.2) is 18.2 Å². The highest BCUT2D eigenvalue weighted by Crippen LogP contribution is 2.31. The van der Waals surface area contributed by atoms with Gasteiger partial charge in [-0.1, -0.05) is 26.0 Å². The zero-order chi connectivity index (χ0) is 21.3. The van der Waals surface area contributed by atoms with Crippen molar-refractivity contribution in [3.63, 3.8) is 0 Å². The minimum Gasteiger partial charge on any atom is -0.496 e. The number of methoxy groups -OCH3 is 1. The Morgan fingerprint density at radius 2 is 2.10 bits per heavy atom. The Kier molecular flexibility index (Phi) is 9.01. The molecule has 30 heavy (non-hydrogen) atoms. The lowest BCUT2D eigenvalue weighted by atomic mass is 9.86. The Morgan fingerprint density at radius 1 is 1.23 bits per heavy atom. The highest BCUT2D eigenvalue weighted by atomic mass is 16.5. The lowest BCUT2D eigenvalue weighted by Gasteiger charge is -2.36. The van der Waals surface area contributed by atoms with Gasteiger partial charge in [-0.05, 0) is 94.2 Å². The van der Waals surface area contributed by atoms with Crippen LogP contribution in [0.1, 0.15) is 57.1 Å². The molecule has 1 aliphatic carbocycles. The van der Waals surface area contributed by atoms with Crippen LogP contribution in [-0.4, -0.2) is 68.1 Å². The lowest BCUT2D eigenvalue weighted by molar-refractivity contribution is -0.122. The normalized spacial score (nSPS) is 23.3. The van der Waals surface area contributed by atoms with Crippen LogP contribution in [0.3, 0.4) is 0 Å². The summed E-state index contributed by atoms with van der Waals surface area (Å²) in [7, 11) is 1.78. The Hall–Kier alpha value is -1.59. The highest BCUT2D eigenvalue weighted by Gasteiger charge is 2.25. The number of nitrogens with one attached hydrogen (secondary N) is 1. The fraction of sp³-hybridized carbons (Fsp3) is 0.720. The van der Waals surface area contributed by atoms with E-state index in [0.717, 1.165) is 64.2 Å². The van der Waals surface area contributed by atoms with E-state index >= 15 is 0 Å². The maximum absolute atomic E-state index is 12.1. The predicted molar refractivity (Wildman–Crippen MR) is 123 cm³/mol. The average Bonchev–Trinajstić information content (AvgIpc) is 2.82. The molecule has 1 aromatic carbocycles. The van der Waals surface area contributed by atoms with Crippen molar-refractivity contribution in [2.75, 3.05) is 46.4 Å². The Labute approximate surface area is 183 Å². The molecule has 1 saturated heterocycles. The maximum Gasteiger partial charge on any atom is 0.234 e. The molecular weight excluding hydrogens is 374 g/mol. The van der Waals surface area contributed by atoms with E-state index in [-0.39, 0.29) is 5.91 Å². The third-order valence-electron chi connectivity index (χ3n) is 6.84. The van der Waals surface area contributed by atoms with Crippen LogP contribution < -0.4 is 10.1 Å². The topological polar surface area (TPSA) is 44.8 Å². The van der Waals surface area contributed by atoms with E-state index in [4.69, 9.17) is 4.74 Å². The van der Waals surface area contributed by atoms with Crippen molar-refractivity contribution in [2.24, 2.45) is 5.92 Å². The van der Waals surface area contributed by atoms with E-state index in [2.05, 4.69) is 47.2 Å². The number of hydrogen-bond donors (Lipinski definition) is 1. The van der Waals surface area contributed by atoms with Gasteiger partial charge in [-0.15, -0.1) is 0 Å². The molecule has 0 radical (unpaired) electrons. The van der Waals surface area contributed by atoms with Crippen molar-refractivity contribution in [1.29, 1.82) is 0 Å². The molecule has 1 N–H and O–H groups in total. The molecule has 2 aliphatic rings. The minimum atomic E-state index is 0.187. The number of rotatable bonds is 8. The summed E-state index contributed by atoms with van der Waals surface area (Å²) in [4.78, 5) is 17.2. The molecule has 168 valence electrons. The smallest absolute Gasteiger partial charge is 0.234 e. The first kappa shape index (κ1) is 23.1. The van der Waals surface area contributed by atoms with Gasteiger partial charge in [0.25, 0.3) is 0 Å². The number of benzene rings is 1. The van der Waals surface area contributed by atoms with Crippen molar-refractivity contribution in [1.82, 2.24) is 15.1 Å². The maximum atomic E-state index is 12.1. The Morgan fingerprint density at radius 3 is 2.90 bits per heavy atom. The monoisotopic (exact) mass is 415 g/mol. The molecule has 1 heterocycles. The highest BCUT2D eigenvalue weighted by molar-refractivity contribution is 5.78. The molecule has 0 spiro atoms. The van der Waals surface area contributed by atoms with Gasteiger partial charge in [0.05, 0.1) is 13.7 Å². The van der Waals surface area contributed by atoms with Crippen LogP contribution in [0.2, 0.25) is 0 Å². The van der Waals surface area contributed by atoms with Crippen molar-refractivity contribution >= 4 is 5.91 Å². The standard InChI is InChI=1S/C25H41N3O2/c1-4-14-28(22-9-10-23-21(18-22)7-5-8-24(23)30-3)16-6-15-27-17-12-20(2)11-13-26-25(29)19-27/h5,7-8,20,22H,4,6,9-19H2,1-3H3,(H,26,29). The fourth-order valence-electron chi connectivity index (χ4n) is 5.05. The summed E-state index contributed by atoms with van der Waals surface area (Å²) in [6.45, 7) is 10.3. The number of carbonyl (C=O) groups excluding carboxylic acids is 1. The van der Waals surface area contributed by atoms with Gasteiger partial charge in [-0.25, -0.2) is 0 Å². The van der Waals surface area contributed by atoms with Gasteiger partial charge in [0.2, 0.25) is 5.91 Å². The molecule has 5 heteroatoms. The third kappa shape index (κ3) is 6.45. The molecule has 2 unspecified atom stereocenters. The summed E-state index contributed by atoms with van der Waals surface area (Å²) in [5.41, 5.74) is 2.86. The molecule has 1 aromatic rings. The quantitative estimate of drug-likeness (QED) is 0.706. The van der Waals surface area contributed by atoms with E-state index in [1.807, 2.05) is 0 Å². The molecule has 1 fully saturated rings. The second-order valence-corrected chi connectivity index (χ2v) is 9.19. The van der Waals surface area contributed by atoms with Crippen LogP contribution in [0.25, 0.3) is 0 Å². The fourth-order valence-corrected chi connectivity index (χ4v) is 5.05. The first-order chi connectivity index (χ1) is 14.6. The first-order valence-electron chi connectivity index (χ1n) is 12.0. The molecule has 0 saturated carbocycles.